The number of hydrogen-bond acceptors (Lipinski definition) is 20. The summed E-state index contributed by atoms with van der Waals surface area (Å²) in [5, 5.41) is 9.57. The molecule has 0 aliphatic heterocycles. The van der Waals surface area contributed by atoms with E-state index in [1.807, 2.05) is 37.3 Å². The molecule has 0 unspecified atom stereocenters. The Balaban J connectivity index is 0.000000319. The number of fused-ring (bicyclic) bond motifs is 4. The molecule has 20 nitrogen and oxygen atoms in total. The maximum absolute atomic E-state index is 12.8. The van der Waals surface area contributed by atoms with E-state index in [0.29, 0.717) is 87.2 Å². The number of alkyl halides is 6. The Hall–Kier alpha value is -7.09. The molecule has 0 fully saturated rings. The van der Waals surface area contributed by atoms with Crippen molar-refractivity contribution in [1.82, 2.24) is 19.9 Å². The van der Waals surface area contributed by atoms with Gasteiger partial charge < -0.3 is 20.1 Å². The highest BCUT2D eigenvalue weighted by molar-refractivity contribution is 7.93. The largest absolute Gasteiger partial charge is 0.428 e. The third kappa shape index (κ3) is 26.0. The van der Waals surface area contributed by atoms with Crippen LogP contribution >= 0.6 is 243 Å². The van der Waals surface area contributed by atoms with Gasteiger partial charge in [0.25, 0.3) is 50.5 Å². The van der Waals surface area contributed by atoms with Gasteiger partial charge in [-0.05, 0) is 201 Å². The third-order valence-corrected chi connectivity index (χ3v) is 31.6. The van der Waals surface area contributed by atoms with Gasteiger partial charge in [-0.2, -0.15) is 26.3 Å². The number of hydrogen-bond donors (Lipinski definition) is 6. The summed E-state index contributed by atoms with van der Waals surface area (Å²) in [4.78, 5) is 16.2. The van der Waals surface area contributed by atoms with Crippen molar-refractivity contribution in [3.63, 3.8) is 0 Å². The fraction of sp³-hybridized carbons (Fsp3) is 0.0617. The van der Waals surface area contributed by atoms with Crippen molar-refractivity contribution in [1.29, 1.82) is 0 Å². The minimum absolute atomic E-state index is 0. The number of halogens is 23. The molecular weight excluding hydrogens is 2250 g/mol. The molecule has 704 valence electrons. The minimum Gasteiger partial charge on any atom is -0.428 e. The van der Waals surface area contributed by atoms with E-state index in [0.717, 1.165) is 47.5 Å². The summed E-state index contributed by atoms with van der Waals surface area (Å²) in [6.07, 6.45) is -9.34. The molecule has 0 radical (unpaired) electrons. The maximum Gasteiger partial charge on any atom is 0.416 e. The number of anilines is 8. The first-order valence-electron chi connectivity index (χ1n) is 35.1. The maximum atomic E-state index is 12.8. The number of aromatic nitrogens is 4. The van der Waals surface area contributed by atoms with Crippen LogP contribution in [0.4, 0.5) is 70.7 Å². The average Bonchev–Trinajstić information content (AvgIpc) is 1.08. The van der Waals surface area contributed by atoms with Gasteiger partial charge in [-0.3, -0.25) is 18.9 Å². The summed E-state index contributed by atoms with van der Waals surface area (Å²) in [5.74, 6) is 0.171. The molecule has 4 heterocycles. The Morgan fingerprint density at radius 1 is 0.295 bits per heavy atom. The van der Waals surface area contributed by atoms with Crippen LogP contribution in [0.15, 0.2) is 214 Å². The van der Waals surface area contributed by atoms with Crippen molar-refractivity contribution in [2.45, 2.75) is 53.7 Å². The molecular formula is C81H61Cl17F6N10O10S8. The predicted octanol–water partition coefficient (Wildman–Crippen LogP) is 35.7. The Kier molecular flexibility index (Phi) is 34.2. The fourth-order valence-corrected chi connectivity index (χ4v) is 24.6. The molecule has 132 heavy (non-hydrogen) atoms. The molecule has 0 aliphatic carbocycles. The molecule has 0 atom stereocenters. The van der Waals surface area contributed by atoms with Crippen LogP contribution in [0.2, 0.25) is 85.4 Å². The lowest BCUT2D eigenvalue weighted by Gasteiger charge is -2.14. The van der Waals surface area contributed by atoms with Crippen molar-refractivity contribution >= 4 is 368 Å². The molecule has 0 bridgehead atoms. The number of nitrogens with zero attached hydrogens (tertiary/aromatic N) is 4. The van der Waals surface area contributed by atoms with Crippen molar-refractivity contribution < 1.29 is 78.0 Å². The molecule has 0 saturated heterocycles. The molecule has 0 aliphatic rings. The van der Waals surface area contributed by atoms with Gasteiger partial charge in [-0.1, -0.05) is 263 Å². The van der Waals surface area contributed by atoms with E-state index in [4.69, 9.17) is 207 Å². The van der Waals surface area contributed by atoms with E-state index in [9.17, 15) is 60.0 Å². The van der Waals surface area contributed by atoms with E-state index in [-0.39, 0.29) is 123 Å². The lowest BCUT2D eigenvalue weighted by molar-refractivity contribution is -0.138. The van der Waals surface area contributed by atoms with Gasteiger partial charge >= 0.3 is 12.4 Å². The van der Waals surface area contributed by atoms with Crippen LogP contribution in [0, 0.1) is 6.92 Å². The van der Waals surface area contributed by atoms with Crippen molar-refractivity contribution in [3.05, 3.63) is 296 Å². The van der Waals surface area contributed by atoms with Crippen LogP contribution in [-0.4, -0.2) is 53.6 Å². The molecule has 16 rings (SSSR count). The molecule has 12 aromatic carbocycles. The monoisotopic (exact) mass is 2300 g/mol. The number of benzene rings is 12. The summed E-state index contributed by atoms with van der Waals surface area (Å²) >= 11 is 109. The highest BCUT2D eigenvalue weighted by Crippen LogP contribution is 2.48. The molecule has 51 heteroatoms. The van der Waals surface area contributed by atoms with E-state index < -0.39 is 83.4 Å². The molecule has 0 amide bonds. The first kappa shape index (κ1) is 105. The highest BCUT2D eigenvalue weighted by Gasteiger charge is 2.35. The van der Waals surface area contributed by atoms with Gasteiger partial charge in [0, 0.05) is 33.7 Å². The quantitative estimate of drug-likeness (QED) is 0.0387. The Morgan fingerprint density at radius 3 is 0.841 bits per heavy atom. The van der Waals surface area contributed by atoms with Crippen LogP contribution in [0.3, 0.4) is 0 Å². The van der Waals surface area contributed by atoms with Crippen molar-refractivity contribution in [2.75, 3.05) is 29.5 Å². The Bertz CT molecular complexity index is 7190. The topological polar surface area (TPSA) is 279 Å². The average molecular weight is 2310 g/mol. The first-order chi connectivity index (χ1) is 60.9. The summed E-state index contributed by atoms with van der Waals surface area (Å²) in [5.41, 5.74) is 2.80. The fourth-order valence-electron chi connectivity index (χ4n) is 11.2. The zero-order valence-electron chi connectivity index (χ0n) is 63.3. The van der Waals surface area contributed by atoms with Crippen LogP contribution in [0.1, 0.15) is 40.1 Å². The zero-order valence-corrected chi connectivity index (χ0v) is 82.7. The minimum atomic E-state index is -4.67. The third-order valence-electron chi connectivity index (χ3n) is 17.0. The Labute approximate surface area is 858 Å². The van der Waals surface area contributed by atoms with E-state index >= 15 is 0 Å². The van der Waals surface area contributed by atoms with Crippen LogP contribution in [-0.2, 0) is 52.4 Å². The second kappa shape index (κ2) is 42.9. The number of rotatable bonds is 20. The SMILES string of the molecule is C.C.Cc1ccc2nc(Nc3c(Cl)cc(NS(=O)(=O)c4ccc(C(F)(F)F)cc4Cl)cc3Cl)sc2c1.O=S(=O)(Nc1cc(Cl)c(Nc2nc3ccc(Cl)cc3s2)c(Cl)c1)c1ccc(Cl)cc1Cl.O=S(=O)(Nc1cc(Cl)c(Oc2nc3ccc(Cl)cc3s2)c(Cl)c1)c1ccc(C(F)(F)F)cc1Cl.O=S(=O)(Nc1cc(Cl)c(Oc2nc3ccc(Cl)cc3s2)c(Cl)c1)c1ccc(Cl)cc1Cl.[HH].[HH].[HH].[HH].[HH].[HH]. The van der Waals surface area contributed by atoms with Crippen molar-refractivity contribution in [3.8, 4) is 21.9 Å². The lowest BCUT2D eigenvalue weighted by Crippen LogP contribution is -2.14. The smallest absolute Gasteiger partial charge is 0.416 e. The first-order valence-corrected chi connectivity index (χ1v) is 50.7. The highest BCUT2D eigenvalue weighted by atomic mass is 35.5. The molecule has 4 aromatic heterocycles. The van der Waals surface area contributed by atoms with E-state index in [1.54, 1.807) is 42.5 Å². The summed E-state index contributed by atoms with van der Waals surface area (Å²) in [7, 11) is -16.7. The molecule has 0 spiro atoms. The number of nitrogens with one attached hydrogen (secondary N) is 6. The number of sulfonamides is 4. The number of aryl methyl sites for hydroxylation is 1. The standard InChI is InChI=1S/C21H13Cl3F3N3O2S2.C20H9Cl4F3N2O3S2.C19H10Cl5N3O2S2.C19H9Cl5N2O3S2.2CH4.6H2/c1-10-2-4-16-17(6-10)33-20(28-16)29-19-14(23)8-12(9-15(19)24)30-34(31,32)18-5-3-11(7-13(18)22)21(25,26)27;21-10-2-3-15-16(6-10)33-19(28-15)32-18-13(23)7-11(8-14(18)24)29-34(30,31)17-4-1-9(5-12(17)22)20(25,26)27;20-9-2-4-17(12(22)5-9)31(28,29)27-11-7-13(23)18(14(24)8-11)26-19-25-15-3-1-10(21)6-16(15)30-19;20-9-2-4-17(12(22)5-9)31(27,28)26-11-7-13(23)18(14(24)8-11)29-19-25-15-3-1-10(21)6-16(15)30-19;;;;;;;;/h2-9,30H,1H3,(H,28,29);1-8,29H;1-8,27H,(H,25,26);1-8,26H;2*1H4;6*1H. The van der Waals surface area contributed by atoms with Crippen LogP contribution in [0.5, 0.6) is 21.9 Å². The van der Waals surface area contributed by atoms with Gasteiger partial charge in [0.1, 0.15) is 19.6 Å². The van der Waals surface area contributed by atoms with Gasteiger partial charge in [-0.25, -0.2) is 53.6 Å². The molecule has 6 N–H and O–H groups in total. The second-order valence-corrected chi connectivity index (χ2v) is 44.0. The van der Waals surface area contributed by atoms with Crippen LogP contribution in [0.25, 0.3) is 40.9 Å². The van der Waals surface area contributed by atoms with Gasteiger partial charge in [-0.15, -0.1) is 0 Å². The summed E-state index contributed by atoms with van der Waals surface area (Å²) in [6, 6.07) is 44.2. The Morgan fingerprint density at radius 2 is 0.545 bits per heavy atom. The normalized spacial score (nSPS) is 11.8. The van der Waals surface area contributed by atoms with Crippen molar-refractivity contribution in [2.24, 2.45) is 0 Å². The summed E-state index contributed by atoms with van der Waals surface area (Å²) in [6.45, 7) is 1.97. The molecule has 0 saturated carbocycles. The van der Waals surface area contributed by atoms with Gasteiger partial charge in [0.15, 0.2) is 21.8 Å². The summed E-state index contributed by atoms with van der Waals surface area (Å²) < 4.78 is 203. The second-order valence-electron chi connectivity index (χ2n) is 26.3. The van der Waals surface area contributed by atoms with Gasteiger partial charge in [0.2, 0.25) is 0 Å². The van der Waals surface area contributed by atoms with E-state index in [1.165, 1.54) is 130 Å². The van der Waals surface area contributed by atoms with E-state index in [2.05, 4.69) is 49.5 Å². The lowest BCUT2D eigenvalue weighted by atomic mass is 10.2. The predicted molar refractivity (Wildman–Crippen MR) is 546 cm³/mol. The van der Waals surface area contributed by atoms with Crippen LogP contribution < -0.4 is 39.0 Å². The zero-order chi connectivity index (χ0) is 94.3. The number of thiazole rings is 4. The van der Waals surface area contributed by atoms with Gasteiger partial charge in [0.05, 0.1) is 146 Å². The molecule has 16 aromatic rings. The number of ether oxygens (including phenoxy) is 2.